The maximum absolute atomic E-state index is 12.5. The highest BCUT2D eigenvalue weighted by atomic mass is 35.5. The first kappa shape index (κ1) is 16.7. The lowest BCUT2D eigenvalue weighted by Gasteiger charge is -2.33. The molecule has 2 rings (SSSR count). The van der Waals surface area contributed by atoms with Gasteiger partial charge in [0.1, 0.15) is 0 Å². The second-order valence-corrected chi connectivity index (χ2v) is 7.69. The lowest BCUT2D eigenvalue weighted by molar-refractivity contribution is 0.188. The number of alkyl halides is 1. The largest absolute Gasteiger partial charge is 0.301 e. The molecule has 0 atom stereocenters. The molecular formula is C15H23ClN2O2S. The monoisotopic (exact) mass is 330 g/mol. The van der Waals surface area contributed by atoms with Crippen molar-refractivity contribution < 1.29 is 8.42 Å². The first-order valence-corrected chi connectivity index (χ1v) is 9.53. The maximum atomic E-state index is 12.5. The van der Waals surface area contributed by atoms with Crippen molar-refractivity contribution in [2.24, 2.45) is 0 Å². The van der Waals surface area contributed by atoms with Gasteiger partial charge in [0.05, 0.1) is 5.75 Å². The second-order valence-electron chi connectivity index (χ2n) is 5.45. The first-order valence-electron chi connectivity index (χ1n) is 7.39. The number of benzene rings is 1. The summed E-state index contributed by atoms with van der Waals surface area (Å²) in [4.78, 5) is 2.32. The zero-order chi connectivity index (χ0) is 15.3. The number of nitrogens with zero attached hydrogens (tertiary/aromatic N) is 2. The molecule has 0 radical (unpaired) electrons. The van der Waals surface area contributed by atoms with Crippen LogP contribution in [0.2, 0.25) is 0 Å². The van der Waals surface area contributed by atoms with Gasteiger partial charge < -0.3 is 4.90 Å². The standard InChI is InChI=1S/C15H23ClN2O2S/c1-2-6-17-7-9-18(10-8-17)21(19,20)13-15-5-3-4-14(11-15)12-16/h3-5,11H,2,6-10,12-13H2,1H3. The van der Waals surface area contributed by atoms with Gasteiger partial charge in [0.2, 0.25) is 10.0 Å². The van der Waals surface area contributed by atoms with Crippen LogP contribution in [-0.2, 0) is 21.7 Å². The van der Waals surface area contributed by atoms with Gasteiger partial charge in [-0.1, -0.05) is 31.2 Å². The van der Waals surface area contributed by atoms with Crippen LogP contribution in [0.25, 0.3) is 0 Å². The van der Waals surface area contributed by atoms with Gasteiger partial charge in [0.25, 0.3) is 0 Å². The Balaban J connectivity index is 1.99. The van der Waals surface area contributed by atoms with Crippen molar-refractivity contribution in [2.75, 3.05) is 32.7 Å². The van der Waals surface area contributed by atoms with Gasteiger partial charge in [-0.25, -0.2) is 8.42 Å². The van der Waals surface area contributed by atoms with E-state index in [2.05, 4.69) is 11.8 Å². The average molecular weight is 331 g/mol. The summed E-state index contributed by atoms with van der Waals surface area (Å²) in [7, 11) is -3.24. The number of hydrogen-bond donors (Lipinski definition) is 0. The van der Waals surface area contributed by atoms with E-state index in [9.17, 15) is 8.42 Å². The Hall–Kier alpha value is -0.620. The molecule has 1 aliphatic rings. The molecule has 1 aromatic carbocycles. The Bertz CT molecular complexity index is 555. The van der Waals surface area contributed by atoms with Crippen LogP contribution in [0.5, 0.6) is 0 Å². The fraction of sp³-hybridized carbons (Fsp3) is 0.600. The van der Waals surface area contributed by atoms with Crippen molar-refractivity contribution in [1.29, 1.82) is 0 Å². The minimum Gasteiger partial charge on any atom is -0.301 e. The molecular weight excluding hydrogens is 308 g/mol. The van der Waals surface area contributed by atoms with Gasteiger partial charge in [-0.05, 0) is 24.1 Å². The van der Waals surface area contributed by atoms with Crippen LogP contribution in [0.4, 0.5) is 0 Å². The number of piperazine rings is 1. The Morgan fingerprint density at radius 1 is 1.14 bits per heavy atom. The summed E-state index contributed by atoms with van der Waals surface area (Å²) in [6.45, 7) is 6.04. The van der Waals surface area contributed by atoms with E-state index >= 15 is 0 Å². The molecule has 1 aromatic rings. The summed E-state index contributed by atoms with van der Waals surface area (Å²) < 4.78 is 26.6. The smallest absolute Gasteiger partial charge is 0.218 e. The lowest BCUT2D eigenvalue weighted by Crippen LogP contribution is -2.48. The van der Waals surface area contributed by atoms with E-state index in [0.717, 1.165) is 37.2 Å². The number of rotatable bonds is 6. The van der Waals surface area contributed by atoms with E-state index in [4.69, 9.17) is 11.6 Å². The van der Waals surface area contributed by atoms with Crippen LogP contribution in [0.3, 0.4) is 0 Å². The van der Waals surface area contributed by atoms with E-state index in [1.165, 1.54) is 0 Å². The zero-order valence-electron chi connectivity index (χ0n) is 12.5. The van der Waals surface area contributed by atoms with Gasteiger partial charge in [-0.15, -0.1) is 11.6 Å². The third kappa shape index (κ3) is 4.68. The van der Waals surface area contributed by atoms with E-state index in [-0.39, 0.29) is 5.75 Å². The first-order chi connectivity index (χ1) is 10.0. The third-order valence-corrected chi connectivity index (χ3v) is 5.92. The molecule has 0 aromatic heterocycles. The summed E-state index contributed by atoms with van der Waals surface area (Å²) in [6, 6.07) is 7.49. The molecule has 1 fully saturated rings. The third-order valence-electron chi connectivity index (χ3n) is 3.76. The quantitative estimate of drug-likeness (QED) is 0.751. The molecule has 0 aliphatic carbocycles. The second kappa shape index (κ2) is 7.58. The fourth-order valence-electron chi connectivity index (χ4n) is 2.65. The number of hydrogen-bond acceptors (Lipinski definition) is 3. The summed E-state index contributed by atoms with van der Waals surface area (Å²) in [5, 5.41) is 0. The highest BCUT2D eigenvalue weighted by Crippen LogP contribution is 2.15. The maximum Gasteiger partial charge on any atom is 0.218 e. The topological polar surface area (TPSA) is 40.6 Å². The van der Waals surface area contributed by atoms with Crippen molar-refractivity contribution in [1.82, 2.24) is 9.21 Å². The summed E-state index contributed by atoms with van der Waals surface area (Å²) in [5.74, 6) is 0.467. The minimum atomic E-state index is -3.24. The van der Waals surface area contributed by atoms with Crippen LogP contribution in [0.15, 0.2) is 24.3 Å². The molecule has 0 N–H and O–H groups in total. The van der Waals surface area contributed by atoms with E-state index in [1.807, 2.05) is 24.3 Å². The lowest BCUT2D eigenvalue weighted by atomic mass is 10.2. The van der Waals surface area contributed by atoms with Crippen LogP contribution in [0.1, 0.15) is 24.5 Å². The molecule has 1 heterocycles. The SMILES string of the molecule is CCCN1CCN(S(=O)(=O)Cc2cccc(CCl)c2)CC1. The minimum absolute atomic E-state index is 0.0610. The summed E-state index contributed by atoms with van der Waals surface area (Å²) >= 11 is 5.80. The van der Waals surface area contributed by atoms with Crippen LogP contribution < -0.4 is 0 Å². The Morgan fingerprint density at radius 3 is 2.43 bits per heavy atom. The normalized spacial score (nSPS) is 18.0. The van der Waals surface area contributed by atoms with E-state index in [1.54, 1.807) is 4.31 Å². The van der Waals surface area contributed by atoms with Crippen molar-refractivity contribution in [3.8, 4) is 0 Å². The van der Waals surface area contributed by atoms with E-state index in [0.29, 0.717) is 19.0 Å². The molecule has 0 unspecified atom stereocenters. The zero-order valence-corrected chi connectivity index (χ0v) is 14.0. The Labute approximate surface area is 132 Å². The summed E-state index contributed by atoms with van der Waals surface area (Å²) in [5.41, 5.74) is 1.77. The highest BCUT2D eigenvalue weighted by molar-refractivity contribution is 7.88. The van der Waals surface area contributed by atoms with Crippen molar-refractivity contribution in [3.05, 3.63) is 35.4 Å². The average Bonchev–Trinajstić information content (AvgIpc) is 2.48. The number of sulfonamides is 1. The molecule has 0 spiro atoms. The highest BCUT2D eigenvalue weighted by Gasteiger charge is 2.26. The predicted molar refractivity (Wildman–Crippen MR) is 86.9 cm³/mol. The summed E-state index contributed by atoms with van der Waals surface area (Å²) in [6.07, 6.45) is 1.11. The van der Waals surface area contributed by atoms with Gasteiger partial charge in [-0.3, -0.25) is 0 Å². The predicted octanol–water partition coefficient (Wildman–Crippen LogP) is 2.28. The molecule has 0 amide bonds. The molecule has 1 saturated heterocycles. The fourth-order valence-corrected chi connectivity index (χ4v) is 4.32. The van der Waals surface area contributed by atoms with Crippen molar-refractivity contribution in [3.63, 3.8) is 0 Å². The van der Waals surface area contributed by atoms with Gasteiger partial charge in [0.15, 0.2) is 0 Å². The Morgan fingerprint density at radius 2 is 1.81 bits per heavy atom. The van der Waals surface area contributed by atoms with Crippen molar-refractivity contribution >= 4 is 21.6 Å². The van der Waals surface area contributed by atoms with Gasteiger partial charge in [0, 0.05) is 32.1 Å². The molecule has 1 aliphatic heterocycles. The van der Waals surface area contributed by atoms with Crippen LogP contribution >= 0.6 is 11.6 Å². The van der Waals surface area contributed by atoms with E-state index < -0.39 is 10.0 Å². The molecule has 0 saturated carbocycles. The van der Waals surface area contributed by atoms with Crippen LogP contribution in [-0.4, -0.2) is 50.3 Å². The van der Waals surface area contributed by atoms with Crippen molar-refractivity contribution in [2.45, 2.75) is 25.0 Å². The molecule has 118 valence electrons. The molecule has 21 heavy (non-hydrogen) atoms. The van der Waals surface area contributed by atoms with Gasteiger partial charge >= 0.3 is 0 Å². The molecule has 6 heteroatoms. The Kier molecular flexibility index (Phi) is 6.05. The number of halogens is 1. The van der Waals surface area contributed by atoms with Gasteiger partial charge in [-0.2, -0.15) is 4.31 Å². The molecule has 4 nitrogen and oxygen atoms in total. The molecule has 0 bridgehead atoms. The van der Waals surface area contributed by atoms with Crippen LogP contribution in [0, 0.1) is 0 Å².